The zero-order valence-electron chi connectivity index (χ0n) is 30.8. The number of pyridine rings is 1. The fourth-order valence-electron chi connectivity index (χ4n) is 8.06. The second kappa shape index (κ2) is 13.8. The minimum absolute atomic E-state index is 0.683. The van der Waals surface area contributed by atoms with Crippen LogP contribution in [0, 0.1) is 0 Å². The molecule has 0 atom stereocenters. The molecule has 11 rings (SSSR count). The van der Waals surface area contributed by atoms with E-state index in [4.69, 9.17) is 15.0 Å². The Hall–Kier alpha value is -7.27. The van der Waals surface area contributed by atoms with E-state index in [0.717, 1.165) is 61.2 Å². The molecule has 57 heavy (non-hydrogen) atoms. The largest absolute Gasteiger partial charge is 0.247 e. The van der Waals surface area contributed by atoms with Crippen molar-refractivity contribution >= 4 is 53.2 Å². The lowest BCUT2D eigenvalue weighted by molar-refractivity contribution is 1.18. The highest BCUT2D eigenvalue weighted by atomic mass is 32.1. The zero-order chi connectivity index (χ0) is 37.7. The van der Waals surface area contributed by atoms with Crippen molar-refractivity contribution in [2.75, 3.05) is 0 Å². The smallest absolute Gasteiger partial charge is 0.160 e. The van der Waals surface area contributed by atoms with Crippen LogP contribution in [-0.2, 0) is 0 Å². The van der Waals surface area contributed by atoms with Gasteiger partial charge in [-0.3, -0.25) is 0 Å². The molecule has 0 amide bonds. The summed E-state index contributed by atoms with van der Waals surface area (Å²) in [6.07, 6.45) is 0. The highest BCUT2D eigenvalue weighted by Crippen LogP contribution is 2.44. The molecule has 11 aromatic rings. The summed E-state index contributed by atoms with van der Waals surface area (Å²) in [5, 5.41) is 6.01. The van der Waals surface area contributed by atoms with Gasteiger partial charge in [-0.25, -0.2) is 15.0 Å². The van der Waals surface area contributed by atoms with Crippen LogP contribution in [0.5, 0.6) is 0 Å². The van der Waals surface area contributed by atoms with E-state index in [-0.39, 0.29) is 0 Å². The van der Waals surface area contributed by atoms with Crippen molar-refractivity contribution in [3.63, 3.8) is 0 Å². The maximum Gasteiger partial charge on any atom is 0.160 e. The van der Waals surface area contributed by atoms with Crippen molar-refractivity contribution in [1.29, 1.82) is 0 Å². The first-order valence-electron chi connectivity index (χ1n) is 19.2. The molecule has 8 aromatic carbocycles. The van der Waals surface area contributed by atoms with Crippen molar-refractivity contribution in [2.45, 2.75) is 0 Å². The van der Waals surface area contributed by atoms with Crippen LogP contribution in [0.15, 0.2) is 200 Å². The Morgan fingerprint density at radius 3 is 1.49 bits per heavy atom. The summed E-state index contributed by atoms with van der Waals surface area (Å²) in [5.41, 5.74) is 12.5. The third-order valence-electron chi connectivity index (χ3n) is 10.9. The summed E-state index contributed by atoms with van der Waals surface area (Å²) in [5.74, 6) is 0.683. The number of nitrogens with zero attached hydrogens (tertiary/aromatic N) is 3. The summed E-state index contributed by atoms with van der Waals surface area (Å²) < 4.78 is 2.55. The Balaban J connectivity index is 1.12. The van der Waals surface area contributed by atoms with Gasteiger partial charge in [-0.05, 0) is 52.6 Å². The van der Waals surface area contributed by atoms with E-state index in [1.807, 2.05) is 23.5 Å². The summed E-state index contributed by atoms with van der Waals surface area (Å²) in [7, 11) is 0. The number of aromatic nitrogens is 3. The highest BCUT2D eigenvalue weighted by molar-refractivity contribution is 7.26. The quantitative estimate of drug-likeness (QED) is 0.159. The Kier molecular flexibility index (Phi) is 8.01. The molecule has 0 unspecified atom stereocenters. The number of rotatable bonds is 6. The van der Waals surface area contributed by atoms with E-state index in [2.05, 4.69) is 188 Å². The van der Waals surface area contributed by atoms with Crippen molar-refractivity contribution in [3.8, 4) is 67.4 Å². The topological polar surface area (TPSA) is 38.7 Å². The second-order valence-electron chi connectivity index (χ2n) is 14.4. The SMILES string of the molecule is c1ccc(-c2ccc(-c3cc(-c4ccc5nc(-c6ccccc6)c6ccc7sc8ccccc8c7c6c5c4)nc(-c4ccc(-c5ccccc5)cc4)n3)cc2)cc1. The molecule has 0 aliphatic carbocycles. The van der Waals surface area contributed by atoms with Crippen molar-refractivity contribution in [3.05, 3.63) is 200 Å². The maximum atomic E-state index is 5.35. The number of hydrogen-bond donors (Lipinski definition) is 0. The molecule has 3 nitrogen and oxygen atoms in total. The van der Waals surface area contributed by atoms with Crippen molar-refractivity contribution in [2.24, 2.45) is 0 Å². The predicted molar refractivity (Wildman–Crippen MR) is 240 cm³/mol. The molecule has 0 aliphatic rings. The van der Waals surface area contributed by atoms with Crippen LogP contribution in [0.4, 0.5) is 0 Å². The van der Waals surface area contributed by atoms with E-state index in [0.29, 0.717) is 5.82 Å². The van der Waals surface area contributed by atoms with Gasteiger partial charge in [0.1, 0.15) is 0 Å². The van der Waals surface area contributed by atoms with Gasteiger partial charge in [-0.2, -0.15) is 0 Å². The molecule has 0 bridgehead atoms. The molecule has 3 heterocycles. The predicted octanol–water partition coefficient (Wildman–Crippen LogP) is 14.5. The first-order chi connectivity index (χ1) is 28.2. The van der Waals surface area contributed by atoms with Crippen LogP contribution in [0.25, 0.3) is 109 Å². The minimum Gasteiger partial charge on any atom is -0.247 e. The molecule has 4 heteroatoms. The first kappa shape index (κ1) is 33.1. The number of benzene rings is 8. The summed E-state index contributed by atoms with van der Waals surface area (Å²) >= 11 is 1.84. The highest BCUT2D eigenvalue weighted by Gasteiger charge is 2.18. The van der Waals surface area contributed by atoms with Crippen LogP contribution in [-0.4, -0.2) is 15.0 Å². The molecule has 0 saturated carbocycles. The van der Waals surface area contributed by atoms with Gasteiger partial charge in [0, 0.05) is 58.6 Å². The molecule has 0 saturated heterocycles. The lowest BCUT2D eigenvalue weighted by Gasteiger charge is -2.14. The third-order valence-corrected chi connectivity index (χ3v) is 12.0. The maximum absolute atomic E-state index is 5.35. The zero-order valence-corrected chi connectivity index (χ0v) is 31.6. The van der Waals surface area contributed by atoms with E-state index >= 15 is 0 Å². The van der Waals surface area contributed by atoms with Gasteiger partial charge in [0.25, 0.3) is 0 Å². The van der Waals surface area contributed by atoms with E-state index in [1.165, 1.54) is 42.2 Å². The van der Waals surface area contributed by atoms with Crippen molar-refractivity contribution < 1.29 is 0 Å². The van der Waals surface area contributed by atoms with Gasteiger partial charge < -0.3 is 0 Å². The molecular weight excluding hydrogens is 711 g/mol. The average molecular weight is 744 g/mol. The third kappa shape index (κ3) is 5.95. The van der Waals surface area contributed by atoms with E-state index < -0.39 is 0 Å². The fourth-order valence-corrected chi connectivity index (χ4v) is 9.18. The molecule has 0 N–H and O–H groups in total. The molecule has 266 valence electrons. The van der Waals surface area contributed by atoms with E-state index in [9.17, 15) is 0 Å². The van der Waals surface area contributed by atoms with Gasteiger partial charge >= 0.3 is 0 Å². The molecule has 0 fully saturated rings. The Morgan fingerprint density at radius 2 is 0.825 bits per heavy atom. The molecule has 0 aliphatic heterocycles. The fraction of sp³-hybridized carbons (Fsp3) is 0. The number of fused-ring (bicyclic) bond motifs is 7. The monoisotopic (exact) mass is 743 g/mol. The van der Waals surface area contributed by atoms with Gasteiger partial charge in [0.15, 0.2) is 5.82 Å². The second-order valence-corrected chi connectivity index (χ2v) is 15.5. The van der Waals surface area contributed by atoms with Gasteiger partial charge in [0.2, 0.25) is 0 Å². The normalized spacial score (nSPS) is 11.5. The summed E-state index contributed by atoms with van der Waals surface area (Å²) in [4.78, 5) is 15.8. The van der Waals surface area contributed by atoms with E-state index in [1.54, 1.807) is 0 Å². The van der Waals surface area contributed by atoms with Crippen LogP contribution in [0.1, 0.15) is 0 Å². The van der Waals surface area contributed by atoms with Crippen molar-refractivity contribution in [1.82, 2.24) is 15.0 Å². The lowest BCUT2D eigenvalue weighted by Crippen LogP contribution is -1.97. The van der Waals surface area contributed by atoms with Gasteiger partial charge in [0.05, 0.1) is 22.6 Å². The van der Waals surface area contributed by atoms with Gasteiger partial charge in [-0.1, -0.05) is 170 Å². The first-order valence-corrected chi connectivity index (χ1v) is 20.0. The summed E-state index contributed by atoms with van der Waals surface area (Å²) in [6, 6.07) is 70.7. The lowest BCUT2D eigenvalue weighted by atomic mass is 9.95. The Labute approximate surface area is 334 Å². The van der Waals surface area contributed by atoms with Crippen LogP contribution in [0.3, 0.4) is 0 Å². The number of hydrogen-bond acceptors (Lipinski definition) is 4. The van der Waals surface area contributed by atoms with Crippen LogP contribution >= 0.6 is 11.3 Å². The minimum atomic E-state index is 0.683. The standard InChI is InChI=1S/C53H33N3S/c1-4-12-34(13-5-1)36-20-24-38(25-21-36)46-33-47(56-53(55-46)40-26-22-37(23-27-40)35-14-6-2-7-15-35)41-28-30-45-44(32-41)50-43(52(54-45)39-16-8-3-9-17-39)29-31-49-51(50)42-18-10-11-19-48(42)57-49/h1-33H. The number of thiophene rings is 1. The average Bonchev–Trinajstić information content (AvgIpc) is 3.68. The van der Waals surface area contributed by atoms with Crippen LogP contribution in [0.2, 0.25) is 0 Å². The van der Waals surface area contributed by atoms with Gasteiger partial charge in [-0.15, -0.1) is 11.3 Å². The molecule has 3 aromatic heterocycles. The molecule has 0 spiro atoms. The summed E-state index contributed by atoms with van der Waals surface area (Å²) in [6.45, 7) is 0. The molecular formula is C53H33N3S. The molecule has 0 radical (unpaired) electrons. The van der Waals surface area contributed by atoms with Crippen LogP contribution < -0.4 is 0 Å². The Morgan fingerprint density at radius 1 is 0.298 bits per heavy atom. The Bertz CT molecular complexity index is 3150.